The minimum absolute atomic E-state index is 0.0223. The van der Waals surface area contributed by atoms with Crippen molar-refractivity contribution in [2.24, 2.45) is 0 Å². The lowest BCUT2D eigenvalue weighted by Crippen LogP contribution is -2.11. The lowest BCUT2D eigenvalue weighted by molar-refractivity contribution is -0.116. The Morgan fingerprint density at radius 3 is 2.67 bits per heavy atom. The minimum atomic E-state index is -0.288. The Kier molecular flexibility index (Phi) is 5.84. The van der Waals surface area contributed by atoms with Gasteiger partial charge in [-0.15, -0.1) is 10.2 Å². The van der Waals surface area contributed by atoms with Crippen molar-refractivity contribution in [3.63, 3.8) is 0 Å². The summed E-state index contributed by atoms with van der Waals surface area (Å²) in [5.74, 6) is 0.138. The predicted octanol–water partition coefficient (Wildman–Crippen LogP) is 3.84. The molecule has 5 rings (SSSR count). The fraction of sp³-hybridized carbons (Fsp3) is 0.130. The van der Waals surface area contributed by atoms with Gasteiger partial charge in [0.2, 0.25) is 0 Å². The highest BCUT2D eigenvalue weighted by Crippen LogP contribution is 2.24. The second-order valence-corrected chi connectivity index (χ2v) is 9.40. The molecule has 164 valence electrons. The number of carbonyl (C=O) groups is 1. The van der Waals surface area contributed by atoms with Crippen molar-refractivity contribution in [1.82, 2.24) is 29.9 Å². The molecule has 2 aromatic carbocycles. The largest absolute Gasteiger partial charge is 0.301 e. The first-order valence-corrected chi connectivity index (χ1v) is 11.9. The van der Waals surface area contributed by atoms with Gasteiger partial charge in [0.25, 0.3) is 5.56 Å². The molecule has 0 saturated carbocycles. The number of fused-ring (bicyclic) bond motifs is 1. The summed E-state index contributed by atoms with van der Waals surface area (Å²) >= 11 is 2.60. The predicted molar refractivity (Wildman–Crippen MR) is 129 cm³/mol. The molecule has 0 amide bonds. The van der Waals surface area contributed by atoms with Crippen molar-refractivity contribution >= 4 is 39.9 Å². The van der Waals surface area contributed by atoms with Gasteiger partial charge in [-0.25, -0.2) is 9.67 Å². The number of para-hydroxylation sites is 1. The van der Waals surface area contributed by atoms with Crippen LogP contribution in [0.1, 0.15) is 10.6 Å². The zero-order valence-corrected chi connectivity index (χ0v) is 19.2. The summed E-state index contributed by atoms with van der Waals surface area (Å²) in [6.07, 6.45) is 1.68. The number of nitrogens with one attached hydrogen (secondary N) is 1. The summed E-state index contributed by atoms with van der Waals surface area (Å²) in [4.78, 5) is 32.3. The van der Waals surface area contributed by atoms with Crippen LogP contribution in [0.15, 0.2) is 70.7 Å². The molecular weight excluding hydrogens is 456 g/mol. The quantitative estimate of drug-likeness (QED) is 0.282. The van der Waals surface area contributed by atoms with E-state index in [9.17, 15) is 9.59 Å². The Morgan fingerprint density at radius 2 is 1.88 bits per heavy atom. The van der Waals surface area contributed by atoms with Crippen LogP contribution in [0.4, 0.5) is 0 Å². The van der Waals surface area contributed by atoms with E-state index < -0.39 is 0 Å². The number of carbonyl (C=O) groups excluding carboxylic acids is 1. The van der Waals surface area contributed by atoms with Gasteiger partial charge in [0.05, 0.1) is 24.1 Å². The Balaban J connectivity index is 1.28. The van der Waals surface area contributed by atoms with Gasteiger partial charge < -0.3 is 4.98 Å². The lowest BCUT2D eigenvalue weighted by Gasteiger charge is -2.04. The number of aryl methyl sites for hydroxylation is 1. The average molecular weight is 475 g/mol. The summed E-state index contributed by atoms with van der Waals surface area (Å²) in [5.41, 5.74) is 3.12. The molecule has 0 radical (unpaired) electrons. The van der Waals surface area contributed by atoms with Crippen LogP contribution in [0, 0.1) is 6.92 Å². The number of hydrogen-bond donors (Lipinski definition) is 1. The molecule has 3 aromatic heterocycles. The molecule has 0 unspecified atom stereocenters. The molecule has 0 spiro atoms. The zero-order chi connectivity index (χ0) is 22.8. The van der Waals surface area contributed by atoms with Crippen LogP contribution in [0.2, 0.25) is 0 Å². The molecule has 3 heterocycles. The van der Waals surface area contributed by atoms with Gasteiger partial charge in [-0.05, 0) is 19.1 Å². The van der Waals surface area contributed by atoms with E-state index in [1.165, 1.54) is 34.9 Å². The van der Waals surface area contributed by atoms with Crippen molar-refractivity contribution in [1.29, 1.82) is 0 Å². The van der Waals surface area contributed by atoms with Crippen LogP contribution in [0.5, 0.6) is 0 Å². The fourth-order valence-corrected chi connectivity index (χ4v) is 4.82. The van der Waals surface area contributed by atoms with Crippen LogP contribution in [0.3, 0.4) is 0 Å². The SMILES string of the molecule is Cc1ccc(-c2nnc(CC(=O)CSc3nc4c(cnn4-c4ccccc4)c(=O)[nH]3)s2)cc1. The van der Waals surface area contributed by atoms with Gasteiger partial charge >= 0.3 is 0 Å². The number of hydrogen-bond acceptors (Lipinski definition) is 8. The number of aromatic amines is 1. The Labute approximate surface area is 196 Å². The monoisotopic (exact) mass is 474 g/mol. The summed E-state index contributed by atoms with van der Waals surface area (Å²) in [7, 11) is 0. The summed E-state index contributed by atoms with van der Waals surface area (Å²) < 4.78 is 1.62. The molecule has 8 nitrogen and oxygen atoms in total. The highest BCUT2D eigenvalue weighted by atomic mass is 32.2. The number of H-pyrrole nitrogens is 1. The standard InChI is InChI=1S/C23H18N6O2S2/c1-14-7-9-15(10-8-14)22-28-27-19(33-22)11-17(30)13-32-23-25-20-18(21(31)26-23)12-24-29(20)16-5-3-2-4-6-16/h2-10,12H,11,13H2,1H3,(H,25,26,31). The maximum atomic E-state index is 12.5. The van der Waals surface area contributed by atoms with Crippen molar-refractivity contribution in [2.45, 2.75) is 18.5 Å². The summed E-state index contributed by atoms with van der Waals surface area (Å²) in [5, 5.41) is 14.9. The second-order valence-electron chi connectivity index (χ2n) is 7.37. The van der Waals surface area contributed by atoms with Crippen molar-refractivity contribution in [3.8, 4) is 16.3 Å². The van der Waals surface area contributed by atoms with E-state index in [1.807, 2.05) is 61.5 Å². The minimum Gasteiger partial charge on any atom is -0.301 e. The van der Waals surface area contributed by atoms with Gasteiger partial charge in [-0.2, -0.15) is 5.10 Å². The highest BCUT2D eigenvalue weighted by molar-refractivity contribution is 7.99. The molecule has 0 atom stereocenters. The Hall–Kier alpha value is -3.63. The molecule has 0 aliphatic rings. The average Bonchev–Trinajstić information content (AvgIpc) is 3.46. The number of thioether (sulfide) groups is 1. The normalized spacial score (nSPS) is 11.2. The molecule has 0 bridgehead atoms. The summed E-state index contributed by atoms with van der Waals surface area (Å²) in [6.45, 7) is 2.03. The second kappa shape index (κ2) is 9.08. The van der Waals surface area contributed by atoms with Crippen LogP contribution in [0.25, 0.3) is 27.3 Å². The first kappa shape index (κ1) is 21.2. The first-order chi connectivity index (χ1) is 16.1. The maximum Gasteiger partial charge on any atom is 0.262 e. The fourth-order valence-electron chi connectivity index (χ4n) is 3.23. The number of Topliss-reactive ketones (excluding diaryl/α,β-unsaturated/α-hetero) is 1. The number of aromatic nitrogens is 6. The molecule has 33 heavy (non-hydrogen) atoms. The molecule has 0 aliphatic heterocycles. The van der Waals surface area contributed by atoms with Crippen molar-refractivity contribution < 1.29 is 4.79 Å². The molecule has 0 saturated heterocycles. The van der Waals surface area contributed by atoms with Gasteiger partial charge in [0.1, 0.15) is 21.2 Å². The van der Waals surface area contributed by atoms with E-state index >= 15 is 0 Å². The maximum absolute atomic E-state index is 12.5. The van der Waals surface area contributed by atoms with Gasteiger partial charge in [-0.1, -0.05) is 71.1 Å². The van der Waals surface area contributed by atoms with E-state index in [0.717, 1.165) is 16.3 Å². The van der Waals surface area contributed by atoms with Crippen LogP contribution >= 0.6 is 23.1 Å². The molecule has 0 fully saturated rings. The van der Waals surface area contributed by atoms with E-state index in [2.05, 4.69) is 25.3 Å². The van der Waals surface area contributed by atoms with E-state index in [0.29, 0.717) is 21.2 Å². The van der Waals surface area contributed by atoms with Gasteiger partial charge in [-0.3, -0.25) is 9.59 Å². The van der Waals surface area contributed by atoms with E-state index in [4.69, 9.17) is 0 Å². The van der Waals surface area contributed by atoms with Crippen LogP contribution in [-0.4, -0.2) is 41.5 Å². The third-order valence-corrected chi connectivity index (χ3v) is 6.81. The number of ketones is 1. The third-order valence-electron chi connectivity index (χ3n) is 4.90. The highest BCUT2D eigenvalue weighted by Gasteiger charge is 2.15. The van der Waals surface area contributed by atoms with E-state index in [-0.39, 0.29) is 23.5 Å². The van der Waals surface area contributed by atoms with Crippen LogP contribution < -0.4 is 5.56 Å². The lowest BCUT2D eigenvalue weighted by atomic mass is 10.2. The van der Waals surface area contributed by atoms with Crippen molar-refractivity contribution in [2.75, 3.05) is 5.75 Å². The molecule has 10 heteroatoms. The third kappa shape index (κ3) is 4.62. The molecule has 0 aliphatic carbocycles. The zero-order valence-electron chi connectivity index (χ0n) is 17.6. The van der Waals surface area contributed by atoms with Gasteiger partial charge in [0, 0.05) is 5.56 Å². The first-order valence-electron chi connectivity index (χ1n) is 10.1. The molecule has 5 aromatic rings. The molecule has 1 N–H and O–H groups in total. The number of rotatable bonds is 7. The summed E-state index contributed by atoms with van der Waals surface area (Å²) in [6, 6.07) is 17.5. The van der Waals surface area contributed by atoms with Gasteiger partial charge in [0.15, 0.2) is 10.8 Å². The number of benzene rings is 2. The van der Waals surface area contributed by atoms with E-state index in [1.54, 1.807) is 4.68 Å². The molecular formula is C23H18N6O2S2. The topological polar surface area (TPSA) is 106 Å². The number of nitrogens with zero attached hydrogens (tertiary/aromatic N) is 5. The Morgan fingerprint density at radius 1 is 1.09 bits per heavy atom. The van der Waals surface area contributed by atoms with Crippen LogP contribution in [-0.2, 0) is 11.2 Å². The smallest absolute Gasteiger partial charge is 0.262 e. The Bertz CT molecular complexity index is 1490. The van der Waals surface area contributed by atoms with Crippen molar-refractivity contribution in [3.05, 3.63) is 81.7 Å².